The summed E-state index contributed by atoms with van der Waals surface area (Å²) in [5.74, 6) is -0.831. The van der Waals surface area contributed by atoms with Crippen LogP contribution in [0.3, 0.4) is 0 Å². The van der Waals surface area contributed by atoms with Crippen LogP contribution in [-0.2, 0) is 26.2 Å². The van der Waals surface area contributed by atoms with Crippen molar-refractivity contribution in [3.05, 3.63) is 93.0 Å². The third-order valence-corrected chi connectivity index (χ3v) is 9.75. The normalized spacial score (nSPS) is 12.9. The molecule has 3 aromatic carbocycles. The maximum atomic E-state index is 14.2. The number of hydrogen-bond acceptors (Lipinski definition) is 4. The van der Waals surface area contributed by atoms with Crippen molar-refractivity contribution in [3.8, 4) is 0 Å². The Kier molecular flexibility index (Phi) is 11.5. The van der Waals surface area contributed by atoms with E-state index in [0.29, 0.717) is 33.3 Å². The van der Waals surface area contributed by atoms with Gasteiger partial charge in [0.1, 0.15) is 12.6 Å². The maximum absolute atomic E-state index is 14.2. The number of anilines is 1. The summed E-state index contributed by atoms with van der Waals surface area (Å²) in [6.45, 7) is 10.8. The second-order valence-electron chi connectivity index (χ2n) is 10.6. The Morgan fingerprint density at radius 1 is 0.857 bits per heavy atom. The minimum absolute atomic E-state index is 0.0352. The predicted molar refractivity (Wildman–Crippen MR) is 171 cm³/mol. The van der Waals surface area contributed by atoms with Crippen LogP contribution in [0.15, 0.2) is 65.6 Å². The molecule has 2 amide bonds. The third kappa shape index (κ3) is 8.06. The van der Waals surface area contributed by atoms with E-state index in [2.05, 4.69) is 5.32 Å². The van der Waals surface area contributed by atoms with Crippen molar-refractivity contribution >= 4 is 50.7 Å². The van der Waals surface area contributed by atoms with Gasteiger partial charge in [0, 0.05) is 12.6 Å². The highest BCUT2D eigenvalue weighted by Crippen LogP contribution is 2.29. The van der Waals surface area contributed by atoms with E-state index >= 15 is 0 Å². The van der Waals surface area contributed by atoms with Crippen molar-refractivity contribution < 1.29 is 18.0 Å². The highest BCUT2D eigenvalue weighted by molar-refractivity contribution is 7.92. The Morgan fingerprint density at radius 2 is 1.50 bits per heavy atom. The summed E-state index contributed by atoms with van der Waals surface area (Å²) >= 11 is 12.4. The first-order valence-corrected chi connectivity index (χ1v) is 16.2. The molecule has 226 valence electrons. The predicted octanol–water partition coefficient (Wildman–Crippen LogP) is 6.84. The van der Waals surface area contributed by atoms with Gasteiger partial charge in [-0.1, -0.05) is 78.5 Å². The van der Waals surface area contributed by atoms with Crippen LogP contribution in [0.4, 0.5) is 5.69 Å². The molecule has 0 aromatic heterocycles. The molecule has 0 saturated heterocycles. The molecule has 2 atom stereocenters. The molecule has 1 N–H and O–H groups in total. The highest BCUT2D eigenvalue weighted by atomic mass is 35.5. The summed E-state index contributed by atoms with van der Waals surface area (Å²) in [6.07, 6.45) is 1.04. The largest absolute Gasteiger partial charge is 0.352 e. The number of benzene rings is 3. The first-order valence-electron chi connectivity index (χ1n) is 14.0. The topological polar surface area (TPSA) is 86.8 Å². The second kappa shape index (κ2) is 14.4. The summed E-state index contributed by atoms with van der Waals surface area (Å²) in [5.41, 5.74) is 3.63. The van der Waals surface area contributed by atoms with Crippen molar-refractivity contribution in [2.45, 2.75) is 77.9 Å². The molecule has 42 heavy (non-hydrogen) atoms. The molecule has 0 spiro atoms. The van der Waals surface area contributed by atoms with Crippen LogP contribution in [0.1, 0.15) is 55.9 Å². The molecule has 0 aliphatic heterocycles. The lowest BCUT2D eigenvalue weighted by atomic mass is 10.1. The molecule has 0 unspecified atom stereocenters. The van der Waals surface area contributed by atoms with Gasteiger partial charge >= 0.3 is 0 Å². The molecule has 0 radical (unpaired) electrons. The molecule has 3 rings (SSSR count). The van der Waals surface area contributed by atoms with Crippen molar-refractivity contribution in [2.24, 2.45) is 0 Å². The monoisotopic (exact) mass is 631 g/mol. The van der Waals surface area contributed by atoms with Crippen LogP contribution in [0.25, 0.3) is 0 Å². The summed E-state index contributed by atoms with van der Waals surface area (Å²) < 4.78 is 29.3. The fraction of sp³-hybridized carbons (Fsp3) is 0.375. The quantitative estimate of drug-likeness (QED) is 0.237. The third-order valence-electron chi connectivity index (χ3n) is 7.23. The van der Waals surface area contributed by atoms with Crippen LogP contribution in [0.2, 0.25) is 10.0 Å². The Balaban J connectivity index is 2.11. The van der Waals surface area contributed by atoms with Crippen LogP contribution < -0.4 is 9.62 Å². The summed E-state index contributed by atoms with van der Waals surface area (Å²) in [5, 5.41) is 3.66. The number of hydrogen-bond donors (Lipinski definition) is 1. The molecule has 0 heterocycles. The van der Waals surface area contributed by atoms with Gasteiger partial charge in [-0.2, -0.15) is 0 Å². The molecule has 7 nitrogen and oxygen atoms in total. The molecule has 0 bridgehead atoms. The second-order valence-corrected chi connectivity index (χ2v) is 13.3. The number of carbonyl (C=O) groups excluding carboxylic acids is 2. The zero-order valence-corrected chi connectivity index (χ0v) is 27.3. The van der Waals surface area contributed by atoms with Gasteiger partial charge in [0.15, 0.2) is 0 Å². The van der Waals surface area contributed by atoms with Crippen molar-refractivity contribution in [3.63, 3.8) is 0 Å². The number of halogens is 2. The van der Waals surface area contributed by atoms with Crippen LogP contribution in [0, 0.1) is 20.8 Å². The number of nitrogens with one attached hydrogen (secondary N) is 1. The van der Waals surface area contributed by atoms with Gasteiger partial charge in [0.25, 0.3) is 10.0 Å². The van der Waals surface area contributed by atoms with Crippen molar-refractivity contribution in [1.29, 1.82) is 0 Å². The standard InChI is InChI=1S/C32H39Cl2N3O4S/c1-7-24(6)35-32(39)29(8-2)36(19-25-12-15-27(33)28(34)18-25)31(38)20-37(30-16-11-22(4)17-23(30)5)42(40,41)26-13-9-21(3)10-14-26/h9-18,24,29H,7-8,19-20H2,1-6H3,(H,35,39)/t24-,29+/m0/s1. The van der Waals surface area contributed by atoms with Gasteiger partial charge in [-0.05, 0) is 82.0 Å². The zero-order valence-electron chi connectivity index (χ0n) is 24.9. The molecular weight excluding hydrogens is 593 g/mol. The van der Waals surface area contributed by atoms with E-state index in [1.165, 1.54) is 17.0 Å². The summed E-state index contributed by atoms with van der Waals surface area (Å²) in [7, 11) is -4.15. The van der Waals surface area contributed by atoms with E-state index in [0.717, 1.165) is 21.9 Å². The van der Waals surface area contributed by atoms with E-state index in [9.17, 15) is 18.0 Å². The zero-order chi connectivity index (χ0) is 31.2. The van der Waals surface area contributed by atoms with E-state index in [4.69, 9.17) is 23.2 Å². The first-order chi connectivity index (χ1) is 19.8. The Labute approximate surface area is 259 Å². The van der Waals surface area contributed by atoms with E-state index in [-0.39, 0.29) is 23.4 Å². The highest BCUT2D eigenvalue weighted by Gasteiger charge is 2.34. The number of amides is 2. The molecule has 0 aliphatic carbocycles. The van der Waals surface area contributed by atoms with Gasteiger partial charge in [-0.25, -0.2) is 8.42 Å². The lowest BCUT2D eigenvalue weighted by Crippen LogP contribution is -2.53. The molecule has 0 saturated carbocycles. The van der Waals surface area contributed by atoms with Crippen LogP contribution >= 0.6 is 23.2 Å². The van der Waals surface area contributed by atoms with Gasteiger partial charge < -0.3 is 10.2 Å². The first kappa shape index (κ1) is 33.4. The van der Waals surface area contributed by atoms with Gasteiger partial charge in [0.05, 0.1) is 20.6 Å². The number of carbonyl (C=O) groups is 2. The Bertz CT molecular complexity index is 1530. The van der Waals surface area contributed by atoms with Crippen LogP contribution in [-0.4, -0.2) is 43.8 Å². The maximum Gasteiger partial charge on any atom is 0.264 e. The molecule has 0 aliphatic rings. The van der Waals surface area contributed by atoms with E-state index in [1.54, 1.807) is 36.4 Å². The van der Waals surface area contributed by atoms with Gasteiger partial charge in [-0.15, -0.1) is 0 Å². The number of rotatable bonds is 12. The average Bonchev–Trinajstić information content (AvgIpc) is 2.93. The number of aryl methyl sites for hydroxylation is 3. The van der Waals surface area contributed by atoms with Gasteiger partial charge in [-0.3, -0.25) is 13.9 Å². The summed E-state index contributed by atoms with van der Waals surface area (Å²) in [4.78, 5) is 29.1. The van der Waals surface area contributed by atoms with Crippen molar-refractivity contribution in [2.75, 3.05) is 10.8 Å². The molecule has 3 aromatic rings. The van der Waals surface area contributed by atoms with Crippen molar-refractivity contribution in [1.82, 2.24) is 10.2 Å². The van der Waals surface area contributed by atoms with E-state index in [1.807, 2.05) is 53.7 Å². The summed E-state index contributed by atoms with van der Waals surface area (Å²) in [6, 6.07) is 16.0. The van der Waals surface area contributed by atoms with Gasteiger partial charge in [0.2, 0.25) is 11.8 Å². The minimum Gasteiger partial charge on any atom is -0.352 e. The SMILES string of the molecule is CC[C@H](C(=O)N[C@@H](C)CC)N(Cc1ccc(Cl)c(Cl)c1)C(=O)CN(c1ccc(C)cc1C)S(=O)(=O)c1ccc(C)cc1. The average molecular weight is 633 g/mol. The molecule has 10 heteroatoms. The van der Waals surface area contributed by atoms with E-state index < -0.39 is 28.5 Å². The lowest BCUT2D eigenvalue weighted by Gasteiger charge is -2.34. The Hall–Kier alpha value is -3.07. The minimum atomic E-state index is -4.15. The molecular formula is C32H39Cl2N3O4S. The number of nitrogens with zero attached hydrogens (tertiary/aromatic N) is 2. The smallest absolute Gasteiger partial charge is 0.264 e. The fourth-order valence-corrected chi connectivity index (χ4v) is 6.43. The van der Waals surface area contributed by atoms with Crippen LogP contribution in [0.5, 0.6) is 0 Å². The fourth-order valence-electron chi connectivity index (χ4n) is 4.63. The Morgan fingerprint density at radius 3 is 2.07 bits per heavy atom. The number of sulfonamides is 1. The molecule has 0 fully saturated rings. The lowest BCUT2D eigenvalue weighted by molar-refractivity contribution is -0.140.